The maximum atomic E-state index is 12.3. The number of hydrogen-bond acceptors (Lipinski definition) is 8. The van der Waals surface area contributed by atoms with Crippen molar-refractivity contribution in [1.29, 1.82) is 0 Å². The van der Waals surface area contributed by atoms with E-state index in [9.17, 15) is 4.79 Å². The summed E-state index contributed by atoms with van der Waals surface area (Å²) in [6.45, 7) is 6.48. The van der Waals surface area contributed by atoms with E-state index < -0.39 is 0 Å². The number of benzene rings is 1. The highest BCUT2D eigenvalue weighted by Gasteiger charge is 2.25. The molecule has 1 saturated heterocycles. The Morgan fingerprint density at radius 1 is 1.26 bits per heavy atom. The van der Waals surface area contributed by atoms with E-state index in [1.807, 2.05) is 30.9 Å². The first-order chi connectivity index (χ1) is 16.9. The van der Waals surface area contributed by atoms with Gasteiger partial charge >= 0.3 is 6.03 Å². The largest absolute Gasteiger partial charge is 0.454 e. The van der Waals surface area contributed by atoms with E-state index in [2.05, 4.69) is 35.8 Å². The van der Waals surface area contributed by atoms with Crippen molar-refractivity contribution in [3.63, 3.8) is 0 Å². The van der Waals surface area contributed by atoms with Gasteiger partial charge in [-0.3, -0.25) is 0 Å². The number of ether oxygens (including phenoxy) is 2. The van der Waals surface area contributed by atoms with Crippen molar-refractivity contribution >= 4 is 50.7 Å². The zero-order valence-electron chi connectivity index (χ0n) is 19.7. The number of urea groups is 1. The minimum atomic E-state index is 0.0271. The molecule has 0 aliphatic carbocycles. The quantitative estimate of drug-likeness (QED) is 0.457. The number of piperidine rings is 1. The molecule has 2 aliphatic rings. The second kappa shape index (κ2) is 10.1. The van der Waals surface area contributed by atoms with E-state index in [1.165, 1.54) is 18.1 Å². The van der Waals surface area contributed by atoms with Crippen LogP contribution in [0.5, 0.6) is 11.5 Å². The molecule has 0 unspecified atom stereocenters. The fourth-order valence-corrected chi connectivity index (χ4v) is 5.87. The third kappa shape index (κ3) is 5.13. The van der Waals surface area contributed by atoms with Crippen molar-refractivity contribution < 1.29 is 14.3 Å². The molecule has 35 heavy (non-hydrogen) atoms. The van der Waals surface area contributed by atoms with Crippen LogP contribution >= 0.6 is 27.7 Å². The van der Waals surface area contributed by atoms with Gasteiger partial charge in [-0.2, -0.15) is 0 Å². The first kappa shape index (κ1) is 24.0. The number of rotatable bonds is 6. The standard InChI is InChI=1S/C23H28BrN7O3S/c1-13(2)28-22(32)30-6-3-14(4-7-30)5-8-31-21-19(20(25)26-11-27-21)29-23(31)35-18-10-17-16(9-15(18)24)33-12-34-17/h9-11,13-14H,3-8,12H2,1-2H3,(H,28,32)(H2,25,26,27). The molecule has 2 aromatic heterocycles. The number of nitrogens with one attached hydrogen (secondary N) is 1. The van der Waals surface area contributed by atoms with Crippen molar-refractivity contribution in [3.8, 4) is 11.5 Å². The fraction of sp³-hybridized carbons (Fsp3) is 0.478. The van der Waals surface area contributed by atoms with Gasteiger partial charge in [0.2, 0.25) is 6.79 Å². The summed E-state index contributed by atoms with van der Waals surface area (Å²) in [5.41, 5.74) is 7.46. The Morgan fingerprint density at radius 2 is 2.00 bits per heavy atom. The van der Waals surface area contributed by atoms with Crippen LogP contribution in [0, 0.1) is 5.92 Å². The monoisotopic (exact) mass is 561 g/mol. The number of imidazole rings is 1. The number of likely N-dealkylation sites (tertiary alicyclic amines) is 1. The molecule has 2 aliphatic heterocycles. The molecule has 0 saturated carbocycles. The third-order valence-electron chi connectivity index (χ3n) is 6.23. The summed E-state index contributed by atoms with van der Waals surface area (Å²) in [6.07, 6.45) is 4.40. The Balaban J connectivity index is 1.32. The van der Waals surface area contributed by atoms with Crippen LogP contribution in [0.1, 0.15) is 33.1 Å². The molecular formula is C23H28BrN7O3S. The summed E-state index contributed by atoms with van der Waals surface area (Å²) in [7, 11) is 0. The molecule has 0 spiro atoms. The predicted molar refractivity (Wildman–Crippen MR) is 137 cm³/mol. The molecule has 3 N–H and O–H groups in total. The zero-order valence-corrected chi connectivity index (χ0v) is 22.1. The van der Waals surface area contributed by atoms with E-state index in [-0.39, 0.29) is 18.9 Å². The summed E-state index contributed by atoms with van der Waals surface area (Å²) < 4.78 is 14.0. The number of anilines is 1. The number of halogens is 1. The van der Waals surface area contributed by atoms with Crippen LogP contribution < -0.4 is 20.5 Å². The Bertz CT molecular complexity index is 1240. The van der Waals surface area contributed by atoms with Crippen molar-refractivity contribution in [3.05, 3.63) is 22.9 Å². The van der Waals surface area contributed by atoms with Crippen molar-refractivity contribution in [1.82, 2.24) is 29.7 Å². The summed E-state index contributed by atoms with van der Waals surface area (Å²) in [5, 5.41) is 3.78. The lowest BCUT2D eigenvalue weighted by molar-refractivity contribution is 0.164. The maximum Gasteiger partial charge on any atom is 0.317 e. The smallest absolute Gasteiger partial charge is 0.317 e. The van der Waals surface area contributed by atoms with Gasteiger partial charge in [-0.25, -0.2) is 19.7 Å². The van der Waals surface area contributed by atoms with Gasteiger partial charge in [-0.1, -0.05) is 11.8 Å². The molecule has 0 bridgehead atoms. The van der Waals surface area contributed by atoms with Crippen LogP contribution in [0.15, 0.2) is 33.0 Å². The van der Waals surface area contributed by atoms with Crippen LogP contribution in [0.4, 0.5) is 10.6 Å². The summed E-state index contributed by atoms with van der Waals surface area (Å²) in [4.78, 5) is 28.6. The third-order valence-corrected chi connectivity index (χ3v) is 8.20. The summed E-state index contributed by atoms with van der Waals surface area (Å²) in [5.74, 6) is 2.32. The van der Waals surface area contributed by atoms with Crippen LogP contribution in [0.2, 0.25) is 0 Å². The number of nitrogens with two attached hydrogens (primary N) is 1. The molecule has 3 aromatic rings. The van der Waals surface area contributed by atoms with Crippen LogP contribution in [0.3, 0.4) is 0 Å². The molecule has 2 amide bonds. The maximum absolute atomic E-state index is 12.3. The lowest BCUT2D eigenvalue weighted by atomic mass is 9.93. The number of amides is 2. The molecule has 186 valence electrons. The Kier molecular flexibility index (Phi) is 6.92. The normalized spacial score (nSPS) is 15.8. The van der Waals surface area contributed by atoms with Gasteiger partial charge in [-0.05, 0) is 67.1 Å². The molecule has 4 heterocycles. The molecule has 0 radical (unpaired) electrons. The predicted octanol–water partition coefficient (Wildman–Crippen LogP) is 4.27. The summed E-state index contributed by atoms with van der Waals surface area (Å²) in [6, 6.07) is 4.03. The number of carbonyl (C=O) groups excluding carboxylic acids is 1. The Hall–Kier alpha value is -2.73. The second-order valence-corrected chi connectivity index (χ2v) is 10.9. The molecule has 1 fully saturated rings. The molecular weight excluding hydrogens is 534 g/mol. The zero-order chi connectivity index (χ0) is 24.5. The number of fused-ring (bicyclic) bond motifs is 2. The lowest BCUT2D eigenvalue weighted by Crippen LogP contribution is -2.46. The highest BCUT2D eigenvalue weighted by atomic mass is 79.9. The van der Waals surface area contributed by atoms with Gasteiger partial charge in [-0.15, -0.1) is 0 Å². The van der Waals surface area contributed by atoms with Crippen molar-refractivity contribution in [2.75, 3.05) is 25.6 Å². The molecule has 0 atom stereocenters. The highest BCUT2D eigenvalue weighted by molar-refractivity contribution is 9.10. The van der Waals surface area contributed by atoms with Gasteiger partial charge in [0.05, 0.1) is 0 Å². The number of aryl methyl sites for hydroxylation is 1. The summed E-state index contributed by atoms with van der Waals surface area (Å²) >= 11 is 5.16. The van der Waals surface area contributed by atoms with Crippen molar-refractivity contribution in [2.24, 2.45) is 5.92 Å². The van der Waals surface area contributed by atoms with E-state index >= 15 is 0 Å². The molecule has 10 nitrogen and oxygen atoms in total. The van der Waals surface area contributed by atoms with Gasteiger partial charge in [0.25, 0.3) is 0 Å². The van der Waals surface area contributed by atoms with Crippen LogP contribution in [-0.2, 0) is 6.54 Å². The van der Waals surface area contributed by atoms with Crippen LogP contribution in [-0.4, -0.2) is 56.4 Å². The van der Waals surface area contributed by atoms with Gasteiger partial charge in [0.1, 0.15) is 6.33 Å². The number of aromatic nitrogens is 4. The molecule has 5 rings (SSSR count). The molecule has 12 heteroatoms. The second-order valence-electron chi connectivity index (χ2n) is 9.04. The van der Waals surface area contributed by atoms with E-state index in [0.717, 1.165) is 64.8 Å². The van der Waals surface area contributed by atoms with Crippen molar-refractivity contribution in [2.45, 2.75) is 55.7 Å². The average Bonchev–Trinajstić information content (AvgIpc) is 3.42. The first-order valence-corrected chi connectivity index (χ1v) is 13.3. The number of hydrogen-bond donors (Lipinski definition) is 2. The lowest BCUT2D eigenvalue weighted by Gasteiger charge is -2.32. The van der Waals surface area contributed by atoms with Gasteiger partial charge in [0.15, 0.2) is 33.6 Å². The SMILES string of the molecule is CC(C)NC(=O)N1CCC(CCn2c(Sc3cc4c(cc3Br)OCO4)nc3c(N)ncnc32)CC1. The number of nitrogen functional groups attached to an aromatic ring is 1. The number of nitrogens with zero attached hydrogens (tertiary/aromatic N) is 5. The molecule has 1 aromatic carbocycles. The van der Waals surface area contributed by atoms with E-state index in [0.29, 0.717) is 23.0 Å². The topological polar surface area (TPSA) is 120 Å². The number of carbonyl (C=O) groups is 1. The fourth-order valence-electron chi connectivity index (χ4n) is 4.36. The van der Waals surface area contributed by atoms with Crippen LogP contribution in [0.25, 0.3) is 11.2 Å². The van der Waals surface area contributed by atoms with Gasteiger partial charge in [0, 0.05) is 35.0 Å². The Labute approximate surface area is 216 Å². The average molecular weight is 562 g/mol. The minimum Gasteiger partial charge on any atom is -0.454 e. The first-order valence-electron chi connectivity index (χ1n) is 11.7. The minimum absolute atomic E-state index is 0.0271. The Morgan fingerprint density at radius 3 is 2.74 bits per heavy atom. The highest BCUT2D eigenvalue weighted by Crippen LogP contribution is 2.43. The van der Waals surface area contributed by atoms with Gasteiger partial charge < -0.3 is 30.0 Å². The van der Waals surface area contributed by atoms with E-state index in [1.54, 1.807) is 0 Å². The van der Waals surface area contributed by atoms with E-state index in [4.69, 9.17) is 20.2 Å².